The van der Waals surface area contributed by atoms with Crippen LogP contribution in [0.4, 0.5) is 0 Å². The molecule has 16 heavy (non-hydrogen) atoms. The van der Waals surface area contributed by atoms with Crippen molar-refractivity contribution in [2.75, 3.05) is 46.3 Å². The predicted octanol–water partition coefficient (Wildman–Crippen LogP) is 1.01. The highest BCUT2D eigenvalue weighted by Crippen LogP contribution is 2.11. The minimum absolute atomic E-state index is 0.742. The second-order valence-electron chi connectivity index (χ2n) is 5.77. The molecule has 2 saturated heterocycles. The number of hydrogen-bond donors (Lipinski definition) is 1. The van der Waals surface area contributed by atoms with E-state index >= 15 is 0 Å². The summed E-state index contributed by atoms with van der Waals surface area (Å²) in [5, 5.41) is 3.72. The molecule has 0 aromatic heterocycles. The van der Waals surface area contributed by atoms with E-state index in [9.17, 15) is 0 Å². The molecule has 0 saturated carbocycles. The molecule has 2 atom stereocenters. The van der Waals surface area contributed by atoms with Gasteiger partial charge in [0, 0.05) is 19.1 Å². The topological polar surface area (TPSA) is 18.5 Å². The summed E-state index contributed by atoms with van der Waals surface area (Å²) in [5.41, 5.74) is 0. The van der Waals surface area contributed by atoms with Crippen molar-refractivity contribution < 1.29 is 0 Å². The molecule has 0 spiro atoms. The van der Waals surface area contributed by atoms with Crippen LogP contribution in [0.5, 0.6) is 0 Å². The summed E-state index contributed by atoms with van der Waals surface area (Å²) in [4.78, 5) is 5.04. The van der Waals surface area contributed by atoms with Crippen molar-refractivity contribution in [3.8, 4) is 0 Å². The van der Waals surface area contributed by atoms with Gasteiger partial charge in [-0.3, -0.25) is 0 Å². The van der Waals surface area contributed by atoms with Crippen molar-refractivity contribution in [2.24, 2.45) is 5.92 Å². The fourth-order valence-corrected chi connectivity index (χ4v) is 2.94. The summed E-state index contributed by atoms with van der Waals surface area (Å²) < 4.78 is 0. The summed E-state index contributed by atoms with van der Waals surface area (Å²) in [6.45, 7) is 10.0. The highest BCUT2D eigenvalue weighted by atomic mass is 15.2. The molecule has 2 fully saturated rings. The lowest BCUT2D eigenvalue weighted by molar-refractivity contribution is 0.277. The average Bonchev–Trinajstić information content (AvgIpc) is 2.87. The Morgan fingerprint density at radius 2 is 2.00 bits per heavy atom. The molecular weight excluding hydrogens is 198 g/mol. The van der Waals surface area contributed by atoms with E-state index in [1.54, 1.807) is 0 Å². The lowest BCUT2D eigenvalue weighted by Crippen LogP contribution is -2.37. The molecule has 2 aliphatic heterocycles. The van der Waals surface area contributed by atoms with Crippen LogP contribution < -0.4 is 5.32 Å². The molecule has 3 heteroatoms. The third kappa shape index (κ3) is 3.72. The van der Waals surface area contributed by atoms with E-state index in [1.165, 1.54) is 58.5 Å². The molecule has 2 heterocycles. The normalized spacial score (nSPS) is 30.0. The number of likely N-dealkylation sites (tertiary alicyclic amines) is 2. The minimum Gasteiger partial charge on any atom is -0.312 e. The number of likely N-dealkylation sites (N-methyl/N-ethyl adjacent to an activating group) is 1. The minimum atomic E-state index is 0.742. The summed E-state index contributed by atoms with van der Waals surface area (Å²) in [6.07, 6.45) is 4.15. The molecule has 0 bridgehead atoms. The van der Waals surface area contributed by atoms with Gasteiger partial charge in [-0.25, -0.2) is 0 Å². The Bertz CT molecular complexity index is 201. The molecule has 2 unspecified atom stereocenters. The summed E-state index contributed by atoms with van der Waals surface area (Å²) in [5.74, 6) is 0.795. The molecule has 0 aliphatic carbocycles. The second kappa shape index (κ2) is 5.99. The van der Waals surface area contributed by atoms with Crippen LogP contribution in [0.3, 0.4) is 0 Å². The smallest absolute Gasteiger partial charge is 0.0207 e. The third-order valence-corrected chi connectivity index (χ3v) is 3.91. The van der Waals surface area contributed by atoms with Gasteiger partial charge in [0.25, 0.3) is 0 Å². The molecule has 3 nitrogen and oxygen atoms in total. The lowest BCUT2D eigenvalue weighted by Gasteiger charge is -2.22. The number of nitrogens with zero attached hydrogens (tertiary/aromatic N) is 2. The molecule has 94 valence electrons. The second-order valence-corrected chi connectivity index (χ2v) is 5.77. The van der Waals surface area contributed by atoms with E-state index in [-0.39, 0.29) is 0 Å². The molecule has 0 amide bonds. The van der Waals surface area contributed by atoms with E-state index < -0.39 is 0 Å². The molecule has 0 radical (unpaired) electrons. The van der Waals surface area contributed by atoms with E-state index in [4.69, 9.17) is 0 Å². The molecule has 2 aliphatic rings. The van der Waals surface area contributed by atoms with Gasteiger partial charge in [0.05, 0.1) is 0 Å². The molecule has 2 rings (SSSR count). The summed E-state index contributed by atoms with van der Waals surface area (Å²) >= 11 is 0. The van der Waals surface area contributed by atoms with Gasteiger partial charge in [-0.15, -0.1) is 0 Å². The van der Waals surface area contributed by atoms with E-state index in [1.807, 2.05) is 0 Å². The van der Waals surface area contributed by atoms with Gasteiger partial charge in [0.2, 0.25) is 0 Å². The van der Waals surface area contributed by atoms with Gasteiger partial charge in [0.1, 0.15) is 0 Å². The van der Waals surface area contributed by atoms with Gasteiger partial charge in [0.15, 0.2) is 0 Å². The average molecular weight is 225 g/mol. The van der Waals surface area contributed by atoms with Gasteiger partial charge >= 0.3 is 0 Å². The Kier molecular flexibility index (Phi) is 4.62. The largest absolute Gasteiger partial charge is 0.312 e. The van der Waals surface area contributed by atoms with Gasteiger partial charge in [-0.1, -0.05) is 6.92 Å². The molecule has 0 aromatic carbocycles. The van der Waals surface area contributed by atoms with Crippen LogP contribution in [0.25, 0.3) is 0 Å². The zero-order valence-electron chi connectivity index (χ0n) is 10.9. The highest BCUT2D eigenvalue weighted by Gasteiger charge is 2.20. The van der Waals surface area contributed by atoms with Crippen LogP contribution in [0.1, 0.15) is 26.2 Å². The van der Waals surface area contributed by atoms with Crippen LogP contribution >= 0.6 is 0 Å². The Labute approximate surface area is 100 Å². The molecule has 0 aromatic rings. The first kappa shape index (κ1) is 12.3. The number of rotatable bonds is 5. The first-order valence-corrected chi connectivity index (χ1v) is 6.88. The fourth-order valence-electron chi connectivity index (χ4n) is 2.94. The van der Waals surface area contributed by atoms with Crippen LogP contribution in [-0.4, -0.2) is 62.2 Å². The number of hydrogen-bond acceptors (Lipinski definition) is 3. The van der Waals surface area contributed by atoms with Crippen LogP contribution in [0.2, 0.25) is 0 Å². The zero-order chi connectivity index (χ0) is 11.4. The quantitative estimate of drug-likeness (QED) is 0.753. The van der Waals surface area contributed by atoms with Crippen molar-refractivity contribution >= 4 is 0 Å². The number of nitrogens with one attached hydrogen (secondary N) is 1. The molecule has 1 N–H and O–H groups in total. The maximum absolute atomic E-state index is 3.72. The Balaban J connectivity index is 1.58. The van der Waals surface area contributed by atoms with Crippen molar-refractivity contribution in [3.05, 3.63) is 0 Å². The SMILES string of the molecule is CC(CNC1CCN(C)C1)CN1CCCC1. The van der Waals surface area contributed by atoms with Crippen LogP contribution in [0, 0.1) is 5.92 Å². The standard InChI is InChI=1S/C13H27N3/c1-12(10-16-6-3-4-7-16)9-14-13-5-8-15(2)11-13/h12-14H,3-11H2,1-2H3. The van der Waals surface area contributed by atoms with Gasteiger partial charge < -0.3 is 15.1 Å². The van der Waals surface area contributed by atoms with Gasteiger partial charge in [-0.05, 0) is 58.4 Å². The van der Waals surface area contributed by atoms with E-state index in [0.717, 1.165) is 12.0 Å². The van der Waals surface area contributed by atoms with Gasteiger partial charge in [-0.2, -0.15) is 0 Å². The zero-order valence-corrected chi connectivity index (χ0v) is 10.9. The van der Waals surface area contributed by atoms with Crippen LogP contribution in [0.15, 0.2) is 0 Å². The fraction of sp³-hybridized carbons (Fsp3) is 1.00. The highest BCUT2D eigenvalue weighted by molar-refractivity contribution is 4.80. The van der Waals surface area contributed by atoms with E-state index in [2.05, 4.69) is 29.1 Å². The van der Waals surface area contributed by atoms with E-state index in [0.29, 0.717) is 0 Å². The first-order chi connectivity index (χ1) is 7.74. The Morgan fingerprint density at radius 1 is 1.25 bits per heavy atom. The summed E-state index contributed by atoms with van der Waals surface area (Å²) in [6, 6.07) is 0.742. The van der Waals surface area contributed by atoms with Crippen molar-refractivity contribution in [1.82, 2.24) is 15.1 Å². The first-order valence-electron chi connectivity index (χ1n) is 6.88. The monoisotopic (exact) mass is 225 g/mol. The van der Waals surface area contributed by atoms with Crippen molar-refractivity contribution in [1.29, 1.82) is 0 Å². The Morgan fingerprint density at radius 3 is 2.62 bits per heavy atom. The van der Waals surface area contributed by atoms with Crippen molar-refractivity contribution in [2.45, 2.75) is 32.2 Å². The third-order valence-electron chi connectivity index (χ3n) is 3.91. The van der Waals surface area contributed by atoms with Crippen molar-refractivity contribution in [3.63, 3.8) is 0 Å². The maximum atomic E-state index is 3.72. The predicted molar refractivity (Wildman–Crippen MR) is 68.7 cm³/mol. The van der Waals surface area contributed by atoms with Crippen LogP contribution in [-0.2, 0) is 0 Å². The molecular formula is C13H27N3. The maximum Gasteiger partial charge on any atom is 0.0207 e. The summed E-state index contributed by atoms with van der Waals surface area (Å²) in [7, 11) is 2.22. The Hall–Kier alpha value is -0.120. The lowest BCUT2D eigenvalue weighted by atomic mass is 10.1.